The number of hydrogen-bond donors (Lipinski definition) is 0. The molecule has 0 aromatic heterocycles. The molecular formula is C10H20CuN4-4. The van der Waals surface area contributed by atoms with Gasteiger partial charge in [0.1, 0.15) is 0 Å². The summed E-state index contributed by atoms with van der Waals surface area (Å²) < 4.78 is 0. The van der Waals surface area contributed by atoms with Gasteiger partial charge < -0.3 is 21.3 Å². The normalized spacial score (nSPS) is 22.4. The van der Waals surface area contributed by atoms with Crippen molar-refractivity contribution in [2.45, 2.75) is 12.8 Å². The van der Waals surface area contributed by atoms with Crippen LogP contribution in [0.5, 0.6) is 0 Å². The van der Waals surface area contributed by atoms with Crippen LogP contribution in [-0.2, 0) is 17.1 Å². The van der Waals surface area contributed by atoms with Crippen molar-refractivity contribution in [1.82, 2.24) is 0 Å². The van der Waals surface area contributed by atoms with Crippen LogP contribution >= 0.6 is 0 Å². The standard InChI is InChI=1S/C10H20N4.Cu/c1-3-11-7-9-13-5-2-6-14-10-8-12-4-1;/h1-10H2;/q-4;/i;1+0. The minimum atomic E-state index is 0. The van der Waals surface area contributed by atoms with Gasteiger partial charge in [0.05, 0.1) is 0 Å². The minimum Gasteiger partial charge on any atom is -0.664 e. The Balaban J connectivity index is 0.00000196. The van der Waals surface area contributed by atoms with E-state index in [1.165, 1.54) is 0 Å². The van der Waals surface area contributed by atoms with E-state index in [-0.39, 0.29) is 17.1 Å². The first-order valence-corrected chi connectivity index (χ1v) is 5.53. The van der Waals surface area contributed by atoms with Gasteiger partial charge in [0.15, 0.2) is 0 Å². The van der Waals surface area contributed by atoms with Crippen LogP contribution < -0.4 is 0 Å². The van der Waals surface area contributed by atoms with Crippen molar-refractivity contribution in [2.75, 3.05) is 52.4 Å². The maximum atomic E-state index is 4.38. The molecule has 1 saturated heterocycles. The van der Waals surface area contributed by atoms with E-state index in [0.717, 1.165) is 65.2 Å². The van der Waals surface area contributed by atoms with E-state index in [0.29, 0.717) is 0 Å². The maximum Gasteiger partial charge on any atom is 0 e. The Morgan fingerprint density at radius 3 is 0.933 bits per heavy atom. The molecule has 15 heavy (non-hydrogen) atoms. The maximum absolute atomic E-state index is 4.38. The second-order valence-electron chi connectivity index (χ2n) is 3.39. The molecule has 95 valence electrons. The quantitative estimate of drug-likeness (QED) is 0.600. The Labute approximate surface area is 104 Å². The first kappa shape index (κ1) is 15.4. The van der Waals surface area contributed by atoms with Crippen LogP contribution in [0.1, 0.15) is 12.8 Å². The summed E-state index contributed by atoms with van der Waals surface area (Å²) in [4.78, 5) is 0. The zero-order valence-electron chi connectivity index (χ0n) is 9.16. The van der Waals surface area contributed by atoms with Crippen LogP contribution in [0.15, 0.2) is 0 Å². The molecule has 1 aliphatic rings. The summed E-state index contributed by atoms with van der Waals surface area (Å²) in [5.74, 6) is 0. The fourth-order valence-corrected chi connectivity index (χ4v) is 1.32. The van der Waals surface area contributed by atoms with Gasteiger partial charge in [-0.1, -0.05) is 12.8 Å². The van der Waals surface area contributed by atoms with Gasteiger partial charge in [-0.05, 0) is 0 Å². The van der Waals surface area contributed by atoms with E-state index < -0.39 is 0 Å². The first-order chi connectivity index (χ1) is 7.00. The van der Waals surface area contributed by atoms with E-state index in [1.807, 2.05) is 0 Å². The first-order valence-electron chi connectivity index (χ1n) is 5.53. The largest absolute Gasteiger partial charge is 0.664 e. The molecule has 4 nitrogen and oxygen atoms in total. The second kappa shape index (κ2) is 12.4. The fourth-order valence-electron chi connectivity index (χ4n) is 1.32. The molecule has 0 aliphatic carbocycles. The number of nitrogens with zero attached hydrogens (tertiary/aromatic N) is 4. The molecule has 1 aliphatic heterocycles. The van der Waals surface area contributed by atoms with E-state index >= 15 is 0 Å². The summed E-state index contributed by atoms with van der Waals surface area (Å²) in [6, 6.07) is 0. The molecule has 1 radical (unpaired) electrons. The van der Waals surface area contributed by atoms with Gasteiger partial charge in [-0.2, -0.15) is 52.4 Å². The summed E-state index contributed by atoms with van der Waals surface area (Å²) >= 11 is 0. The smallest absolute Gasteiger partial charge is 0 e. The molecule has 5 heteroatoms. The topological polar surface area (TPSA) is 56.4 Å². The summed E-state index contributed by atoms with van der Waals surface area (Å²) in [7, 11) is 0. The van der Waals surface area contributed by atoms with Crippen molar-refractivity contribution in [3.8, 4) is 0 Å². The molecule has 0 unspecified atom stereocenters. The molecule has 0 N–H and O–H groups in total. The third-order valence-electron chi connectivity index (χ3n) is 2.10. The van der Waals surface area contributed by atoms with Crippen LogP contribution in [0.2, 0.25) is 0 Å². The number of rotatable bonds is 0. The summed E-state index contributed by atoms with van der Waals surface area (Å²) in [5.41, 5.74) is 0. The van der Waals surface area contributed by atoms with Crippen LogP contribution in [0.3, 0.4) is 0 Å². The van der Waals surface area contributed by atoms with Crippen LogP contribution in [0, 0.1) is 0 Å². The molecule has 0 aromatic rings. The number of hydrogen-bond acceptors (Lipinski definition) is 0. The molecule has 0 aromatic carbocycles. The van der Waals surface area contributed by atoms with Crippen molar-refractivity contribution in [3.05, 3.63) is 21.3 Å². The van der Waals surface area contributed by atoms with Gasteiger partial charge in [0.25, 0.3) is 0 Å². The predicted octanol–water partition coefficient (Wildman–Crippen LogP) is 2.27. The predicted molar refractivity (Wildman–Crippen MR) is 61.6 cm³/mol. The van der Waals surface area contributed by atoms with Crippen molar-refractivity contribution >= 4 is 0 Å². The average Bonchev–Trinajstić information content (AvgIpc) is 2.22. The summed E-state index contributed by atoms with van der Waals surface area (Å²) in [6.07, 6.45) is 2.17. The molecule has 1 rings (SSSR count). The Bertz CT molecular complexity index is 70.7. The van der Waals surface area contributed by atoms with E-state index in [2.05, 4.69) is 21.3 Å². The molecule has 1 fully saturated rings. The Morgan fingerprint density at radius 1 is 0.400 bits per heavy atom. The molecule has 1 heterocycles. The van der Waals surface area contributed by atoms with Crippen LogP contribution in [-0.4, -0.2) is 52.4 Å². The molecular weight excluding hydrogens is 240 g/mol. The van der Waals surface area contributed by atoms with Gasteiger partial charge >= 0.3 is 0 Å². The zero-order chi connectivity index (χ0) is 9.90. The van der Waals surface area contributed by atoms with E-state index in [9.17, 15) is 0 Å². The second-order valence-corrected chi connectivity index (χ2v) is 3.39. The Kier molecular flexibility index (Phi) is 12.7. The van der Waals surface area contributed by atoms with E-state index in [4.69, 9.17) is 0 Å². The molecule has 0 spiro atoms. The van der Waals surface area contributed by atoms with E-state index in [1.54, 1.807) is 0 Å². The monoisotopic (exact) mass is 260 g/mol. The van der Waals surface area contributed by atoms with Gasteiger partial charge in [0.2, 0.25) is 0 Å². The van der Waals surface area contributed by atoms with Crippen molar-refractivity contribution in [1.29, 1.82) is 0 Å². The molecule has 0 bridgehead atoms. The average molecular weight is 260 g/mol. The van der Waals surface area contributed by atoms with Crippen molar-refractivity contribution < 1.29 is 17.1 Å². The van der Waals surface area contributed by atoms with Crippen LogP contribution in [0.4, 0.5) is 0 Å². The van der Waals surface area contributed by atoms with Crippen molar-refractivity contribution in [2.24, 2.45) is 0 Å². The summed E-state index contributed by atoms with van der Waals surface area (Å²) in [5, 5.41) is 17.5. The molecule has 0 saturated carbocycles. The van der Waals surface area contributed by atoms with Gasteiger partial charge in [-0.15, -0.1) is 0 Å². The van der Waals surface area contributed by atoms with Gasteiger partial charge in [-0.3, -0.25) is 0 Å². The Hall–Kier alpha value is 0.359. The third-order valence-corrected chi connectivity index (χ3v) is 2.10. The molecule has 0 amide bonds. The third kappa shape index (κ3) is 10.6. The van der Waals surface area contributed by atoms with Gasteiger partial charge in [-0.25, -0.2) is 0 Å². The SMILES string of the molecule is C1C[N-]CC[N-]CCC[N-]CC[N-]C1.[64Cu]. The fraction of sp³-hybridized carbons (Fsp3) is 1.00. The zero-order valence-corrected chi connectivity index (χ0v) is 10.1. The molecule has 0 atom stereocenters. The van der Waals surface area contributed by atoms with Crippen LogP contribution in [0.25, 0.3) is 21.3 Å². The van der Waals surface area contributed by atoms with Crippen molar-refractivity contribution in [3.63, 3.8) is 0 Å². The Morgan fingerprint density at radius 2 is 0.667 bits per heavy atom. The van der Waals surface area contributed by atoms with Gasteiger partial charge in [0, 0.05) is 17.1 Å². The minimum absolute atomic E-state index is 0. The summed E-state index contributed by atoms with van der Waals surface area (Å²) in [6.45, 7) is 7.31.